The third-order valence-electron chi connectivity index (χ3n) is 3.07. The molecule has 0 radical (unpaired) electrons. The van der Waals surface area contributed by atoms with E-state index < -0.39 is 5.97 Å². The Kier molecular flexibility index (Phi) is 4.21. The molecule has 0 atom stereocenters. The summed E-state index contributed by atoms with van der Waals surface area (Å²) < 4.78 is 0. The van der Waals surface area contributed by atoms with Crippen molar-refractivity contribution >= 4 is 34.7 Å². The van der Waals surface area contributed by atoms with Crippen molar-refractivity contribution in [1.82, 2.24) is 4.98 Å². The Balaban J connectivity index is 1.85. The van der Waals surface area contributed by atoms with Gasteiger partial charge in [0, 0.05) is 16.4 Å². The van der Waals surface area contributed by atoms with Crippen LogP contribution in [0.4, 0.5) is 0 Å². The van der Waals surface area contributed by atoms with Crippen molar-refractivity contribution in [3.8, 4) is 0 Å². The summed E-state index contributed by atoms with van der Waals surface area (Å²) in [6.45, 7) is 0. The summed E-state index contributed by atoms with van der Waals surface area (Å²) in [7, 11) is 0. The highest BCUT2D eigenvalue weighted by Crippen LogP contribution is 2.28. The predicted octanol–water partition coefficient (Wildman–Crippen LogP) is 4.48. The smallest absolute Gasteiger partial charge is 0.328 e. The molecule has 0 fully saturated rings. The number of fused-ring (bicyclic) bond motifs is 1. The summed E-state index contributed by atoms with van der Waals surface area (Å²) in [5.74, 6) is -0.950. The lowest BCUT2D eigenvalue weighted by Crippen LogP contribution is -1.86. The van der Waals surface area contributed by atoms with Crippen LogP contribution in [-0.4, -0.2) is 16.1 Å². The van der Waals surface area contributed by atoms with Gasteiger partial charge in [-0.1, -0.05) is 48.2 Å². The average molecular weight is 307 g/mol. The molecule has 0 saturated heterocycles. The number of carboxylic acid groups (broad SMARTS) is 1. The van der Waals surface area contributed by atoms with Gasteiger partial charge in [-0.25, -0.2) is 9.78 Å². The molecule has 3 aromatic rings. The molecule has 0 bridgehead atoms. The number of rotatable bonds is 4. The summed E-state index contributed by atoms with van der Waals surface area (Å²) >= 11 is 1.56. The highest BCUT2D eigenvalue weighted by Gasteiger charge is 2.01. The number of hydrogen-bond donors (Lipinski definition) is 1. The molecule has 1 aromatic heterocycles. The van der Waals surface area contributed by atoms with Crippen LogP contribution < -0.4 is 0 Å². The van der Waals surface area contributed by atoms with Crippen molar-refractivity contribution in [1.29, 1.82) is 0 Å². The van der Waals surface area contributed by atoms with Crippen molar-refractivity contribution in [2.24, 2.45) is 0 Å². The lowest BCUT2D eigenvalue weighted by Gasteiger charge is -2.04. The molecule has 0 amide bonds. The largest absolute Gasteiger partial charge is 0.478 e. The Morgan fingerprint density at radius 2 is 1.91 bits per heavy atom. The van der Waals surface area contributed by atoms with Gasteiger partial charge in [0.25, 0.3) is 0 Å². The van der Waals surface area contributed by atoms with E-state index in [1.54, 1.807) is 17.8 Å². The Morgan fingerprint density at radius 1 is 1.05 bits per heavy atom. The maximum Gasteiger partial charge on any atom is 0.328 e. The Bertz CT molecular complexity index is 858. The fraction of sp³-hybridized carbons (Fsp3) is 0. The molecule has 0 spiro atoms. The fourth-order valence-electron chi connectivity index (χ4n) is 2.07. The number of carbonyl (C=O) groups is 1. The summed E-state index contributed by atoms with van der Waals surface area (Å²) in [4.78, 5) is 16.2. The van der Waals surface area contributed by atoms with Gasteiger partial charge in [-0.2, -0.15) is 0 Å². The van der Waals surface area contributed by atoms with E-state index in [1.165, 1.54) is 0 Å². The first-order valence-corrected chi connectivity index (χ1v) is 7.57. The van der Waals surface area contributed by atoms with Crippen molar-refractivity contribution in [2.45, 2.75) is 9.92 Å². The van der Waals surface area contributed by atoms with Gasteiger partial charge >= 0.3 is 5.97 Å². The molecule has 1 N–H and O–H groups in total. The van der Waals surface area contributed by atoms with Gasteiger partial charge in [-0.15, -0.1) is 0 Å². The van der Waals surface area contributed by atoms with Crippen LogP contribution in [0.25, 0.3) is 17.0 Å². The second-order valence-corrected chi connectivity index (χ2v) is 5.78. The molecule has 0 aliphatic heterocycles. The van der Waals surface area contributed by atoms with E-state index in [2.05, 4.69) is 11.1 Å². The van der Waals surface area contributed by atoms with E-state index >= 15 is 0 Å². The Labute approximate surface area is 132 Å². The first-order valence-electron chi connectivity index (χ1n) is 6.75. The zero-order valence-corrected chi connectivity index (χ0v) is 12.5. The van der Waals surface area contributed by atoms with Gasteiger partial charge in [-0.3, -0.25) is 0 Å². The zero-order chi connectivity index (χ0) is 15.4. The standard InChI is InChI=1S/C18H13NO2S/c20-18(21)11-8-13-4-3-6-15(12-13)22-17-10-9-14-5-1-2-7-16(14)19-17/h1-12H,(H,20,21)/b11-8+. The minimum Gasteiger partial charge on any atom is -0.478 e. The molecule has 2 aromatic carbocycles. The normalized spacial score (nSPS) is 11.1. The van der Waals surface area contributed by atoms with Gasteiger partial charge in [0.05, 0.1) is 5.52 Å². The summed E-state index contributed by atoms with van der Waals surface area (Å²) in [6.07, 6.45) is 2.72. The van der Waals surface area contributed by atoms with Crippen molar-refractivity contribution < 1.29 is 9.90 Å². The van der Waals surface area contributed by atoms with Gasteiger partial charge in [0.2, 0.25) is 0 Å². The minimum atomic E-state index is -0.950. The van der Waals surface area contributed by atoms with Crippen LogP contribution in [0.2, 0.25) is 0 Å². The highest BCUT2D eigenvalue weighted by atomic mass is 32.2. The molecular formula is C18H13NO2S. The van der Waals surface area contributed by atoms with Crippen LogP contribution in [0.3, 0.4) is 0 Å². The number of carboxylic acids is 1. The molecule has 4 heteroatoms. The first-order chi connectivity index (χ1) is 10.7. The van der Waals surface area contributed by atoms with Crippen molar-refractivity contribution in [3.05, 3.63) is 72.3 Å². The van der Waals surface area contributed by atoms with Crippen LogP contribution in [0, 0.1) is 0 Å². The fourth-order valence-corrected chi connectivity index (χ4v) is 2.94. The number of benzene rings is 2. The van der Waals surface area contributed by atoms with Gasteiger partial charge in [0.15, 0.2) is 0 Å². The van der Waals surface area contributed by atoms with Crippen LogP contribution in [0.1, 0.15) is 5.56 Å². The predicted molar refractivity (Wildman–Crippen MR) is 89.0 cm³/mol. The molecule has 1 heterocycles. The number of aromatic nitrogens is 1. The maximum absolute atomic E-state index is 10.6. The number of aliphatic carboxylic acids is 1. The summed E-state index contributed by atoms with van der Waals surface area (Å²) in [6, 6.07) is 19.8. The second kappa shape index (κ2) is 6.45. The Hall–Kier alpha value is -2.59. The van der Waals surface area contributed by atoms with Crippen LogP contribution >= 0.6 is 11.8 Å². The average Bonchev–Trinajstić information content (AvgIpc) is 2.53. The van der Waals surface area contributed by atoms with E-state index in [9.17, 15) is 4.79 Å². The van der Waals surface area contributed by atoms with Crippen LogP contribution in [-0.2, 0) is 4.79 Å². The van der Waals surface area contributed by atoms with E-state index in [-0.39, 0.29) is 0 Å². The number of hydrogen-bond acceptors (Lipinski definition) is 3. The van der Waals surface area contributed by atoms with Crippen molar-refractivity contribution in [2.75, 3.05) is 0 Å². The molecule has 0 saturated carbocycles. The SMILES string of the molecule is O=C(O)/C=C/c1cccc(Sc2ccc3ccccc3n2)c1. The molecule has 108 valence electrons. The third kappa shape index (κ3) is 3.54. The topological polar surface area (TPSA) is 50.2 Å². The minimum absolute atomic E-state index is 0.855. The molecule has 0 unspecified atom stereocenters. The highest BCUT2D eigenvalue weighted by molar-refractivity contribution is 7.99. The lowest BCUT2D eigenvalue weighted by molar-refractivity contribution is -0.131. The number of para-hydroxylation sites is 1. The summed E-state index contributed by atoms with van der Waals surface area (Å²) in [5, 5.41) is 10.7. The molecule has 0 aliphatic carbocycles. The summed E-state index contributed by atoms with van der Waals surface area (Å²) in [5.41, 5.74) is 1.82. The van der Waals surface area contributed by atoms with Crippen LogP contribution in [0.5, 0.6) is 0 Å². The zero-order valence-electron chi connectivity index (χ0n) is 11.6. The molecule has 0 aliphatic rings. The monoisotopic (exact) mass is 307 g/mol. The molecule has 3 rings (SSSR count). The first kappa shape index (κ1) is 14.4. The van der Waals surface area contributed by atoms with Gasteiger partial charge in [-0.05, 0) is 35.9 Å². The molecular weight excluding hydrogens is 294 g/mol. The van der Waals surface area contributed by atoms with E-state index in [0.29, 0.717) is 0 Å². The van der Waals surface area contributed by atoms with E-state index in [0.717, 1.165) is 32.5 Å². The van der Waals surface area contributed by atoms with E-state index in [1.807, 2.05) is 54.6 Å². The number of pyridine rings is 1. The Morgan fingerprint density at radius 3 is 2.77 bits per heavy atom. The second-order valence-electron chi connectivity index (χ2n) is 4.69. The maximum atomic E-state index is 10.6. The molecule has 3 nitrogen and oxygen atoms in total. The van der Waals surface area contributed by atoms with Crippen molar-refractivity contribution in [3.63, 3.8) is 0 Å². The van der Waals surface area contributed by atoms with Gasteiger partial charge in [0.1, 0.15) is 5.03 Å². The quantitative estimate of drug-likeness (QED) is 0.722. The van der Waals surface area contributed by atoms with Crippen LogP contribution in [0.15, 0.2) is 76.7 Å². The molecule has 22 heavy (non-hydrogen) atoms. The third-order valence-corrected chi connectivity index (χ3v) is 4.00. The number of nitrogens with zero attached hydrogens (tertiary/aromatic N) is 1. The van der Waals surface area contributed by atoms with E-state index in [4.69, 9.17) is 5.11 Å². The van der Waals surface area contributed by atoms with Gasteiger partial charge < -0.3 is 5.11 Å². The lowest BCUT2D eigenvalue weighted by atomic mass is 10.2.